The van der Waals surface area contributed by atoms with Crippen molar-refractivity contribution >= 4 is 23.1 Å². The molecular formula is C24H29N5O3. The Morgan fingerprint density at radius 3 is 2.88 bits per heavy atom. The molecule has 3 aromatic rings. The number of carbonyl (C=O) groups is 1. The molecule has 1 aromatic carbocycles. The van der Waals surface area contributed by atoms with Gasteiger partial charge in [-0.3, -0.25) is 4.79 Å². The van der Waals surface area contributed by atoms with Crippen LogP contribution in [0.5, 0.6) is 0 Å². The van der Waals surface area contributed by atoms with Gasteiger partial charge in [-0.1, -0.05) is 6.07 Å². The van der Waals surface area contributed by atoms with Crippen LogP contribution in [0.4, 0.5) is 11.6 Å². The summed E-state index contributed by atoms with van der Waals surface area (Å²) in [6.45, 7) is 2.59. The minimum Gasteiger partial charge on any atom is -0.393 e. The number of benzene rings is 1. The topological polar surface area (TPSA) is 101 Å². The highest BCUT2D eigenvalue weighted by Crippen LogP contribution is 2.38. The highest BCUT2D eigenvalue weighted by molar-refractivity contribution is 6.00. The fraction of sp³-hybridized carbons (Fsp3) is 0.458. The van der Waals surface area contributed by atoms with Crippen LogP contribution in [0, 0.1) is 0 Å². The number of anilines is 2. The van der Waals surface area contributed by atoms with Gasteiger partial charge >= 0.3 is 0 Å². The van der Waals surface area contributed by atoms with Gasteiger partial charge in [0.2, 0.25) is 11.9 Å². The van der Waals surface area contributed by atoms with E-state index in [-0.39, 0.29) is 18.1 Å². The molecule has 0 unspecified atom stereocenters. The van der Waals surface area contributed by atoms with Crippen LogP contribution in [0.3, 0.4) is 0 Å². The number of aliphatic hydroxyl groups is 1. The maximum atomic E-state index is 11.8. The van der Waals surface area contributed by atoms with Crippen LogP contribution in [-0.4, -0.2) is 51.5 Å². The Morgan fingerprint density at radius 1 is 1.28 bits per heavy atom. The van der Waals surface area contributed by atoms with Gasteiger partial charge in [-0.25, -0.2) is 9.50 Å². The fourth-order valence-electron chi connectivity index (χ4n) is 4.88. The molecule has 1 fully saturated rings. The summed E-state index contributed by atoms with van der Waals surface area (Å²) in [4.78, 5) is 16.4. The summed E-state index contributed by atoms with van der Waals surface area (Å²) in [5.74, 6) is 0.922. The molecule has 168 valence electrons. The van der Waals surface area contributed by atoms with E-state index in [2.05, 4.69) is 27.8 Å². The van der Waals surface area contributed by atoms with E-state index in [0.29, 0.717) is 24.9 Å². The van der Waals surface area contributed by atoms with Gasteiger partial charge in [0.15, 0.2) is 0 Å². The molecule has 0 bridgehead atoms. The van der Waals surface area contributed by atoms with Gasteiger partial charge in [-0.05, 0) is 61.9 Å². The molecule has 1 aliphatic heterocycles. The lowest BCUT2D eigenvalue weighted by atomic mass is 9.85. The predicted octanol–water partition coefficient (Wildman–Crippen LogP) is 3.36. The van der Waals surface area contributed by atoms with Crippen LogP contribution in [0.25, 0.3) is 16.6 Å². The molecule has 3 N–H and O–H groups in total. The van der Waals surface area contributed by atoms with Crippen LogP contribution in [0.2, 0.25) is 0 Å². The van der Waals surface area contributed by atoms with Crippen molar-refractivity contribution in [1.82, 2.24) is 14.6 Å². The number of rotatable bonds is 6. The van der Waals surface area contributed by atoms with E-state index in [1.165, 1.54) is 0 Å². The number of ether oxygens (including phenoxy) is 1. The van der Waals surface area contributed by atoms with Crippen molar-refractivity contribution in [2.75, 3.05) is 24.4 Å². The number of hydrogen-bond acceptors (Lipinski definition) is 6. The highest BCUT2D eigenvalue weighted by atomic mass is 16.5. The van der Waals surface area contributed by atoms with E-state index in [1.807, 2.05) is 29.8 Å². The zero-order valence-electron chi connectivity index (χ0n) is 18.5. The Kier molecular flexibility index (Phi) is 5.57. The highest BCUT2D eigenvalue weighted by Gasteiger charge is 2.26. The second-order valence-electron chi connectivity index (χ2n) is 8.96. The van der Waals surface area contributed by atoms with Crippen molar-refractivity contribution in [3.63, 3.8) is 0 Å². The van der Waals surface area contributed by atoms with Crippen molar-refractivity contribution < 1.29 is 14.6 Å². The average Bonchev–Trinajstić information content (AvgIpc) is 3.33. The Balaban J connectivity index is 1.57. The van der Waals surface area contributed by atoms with E-state index < -0.39 is 0 Å². The minimum atomic E-state index is -0.208. The zero-order chi connectivity index (χ0) is 22.2. The van der Waals surface area contributed by atoms with Gasteiger partial charge in [0.25, 0.3) is 0 Å². The van der Waals surface area contributed by atoms with E-state index >= 15 is 0 Å². The molecule has 8 nitrogen and oxygen atoms in total. The molecule has 0 radical (unpaired) electrons. The smallest absolute Gasteiger partial charge is 0.241 e. The molecule has 0 saturated heterocycles. The van der Waals surface area contributed by atoms with Crippen LogP contribution in [0.15, 0.2) is 30.5 Å². The number of aromatic nitrogens is 3. The number of methoxy groups -OCH3 is 1. The molecule has 8 heteroatoms. The monoisotopic (exact) mass is 435 g/mol. The maximum Gasteiger partial charge on any atom is 0.241 e. The maximum absolute atomic E-state index is 11.8. The summed E-state index contributed by atoms with van der Waals surface area (Å²) in [5.41, 5.74) is 6.09. The largest absolute Gasteiger partial charge is 0.393 e. The molecule has 2 aliphatic rings. The molecule has 1 aliphatic carbocycles. The first-order chi connectivity index (χ1) is 15.5. The molecule has 0 spiro atoms. The fourth-order valence-corrected chi connectivity index (χ4v) is 4.88. The number of aliphatic hydroxyl groups excluding tert-OH is 1. The van der Waals surface area contributed by atoms with E-state index in [9.17, 15) is 9.90 Å². The minimum absolute atomic E-state index is 0.0320. The van der Waals surface area contributed by atoms with Crippen molar-refractivity contribution in [1.29, 1.82) is 0 Å². The van der Waals surface area contributed by atoms with Crippen LogP contribution >= 0.6 is 0 Å². The van der Waals surface area contributed by atoms with Crippen LogP contribution in [-0.2, 0) is 16.0 Å². The second kappa shape index (κ2) is 8.52. The number of nitrogens with one attached hydrogen (secondary N) is 2. The van der Waals surface area contributed by atoms with Gasteiger partial charge in [0.1, 0.15) is 0 Å². The van der Waals surface area contributed by atoms with Crippen molar-refractivity contribution in [2.45, 2.75) is 57.1 Å². The molecular weight excluding hydrogens is 406 g/mol. The third kappa shape index (κ3) is 3.96. The standard InChI is InChI=1S/C24H29N5O3/c1-14(13-32-2)26-24-25-12-22-19(16-5-8-20-17(9-16)10-23(31)27-20)11-21(29(22)28-24)15-3-6-18(30)7-4-15/h5,8-9,11-12,14-15,18,30H,3-4,6-7,10,13H2,1-2H3,(H,26,28)(H,27,31)/t14-,15-,18-/m0/s1. The number of nitrogens with zero attached hydrogens (tertiary/aromatic N) is 3. The second-order valence-corrected chi connectivity index (χ2v) is 8.96. The van der Waals surface area contributed by atoms with Crippen molar-refractivity contribution in [2.24, 2.45) is 0 Å². The predicted molar refractivity (Wildman–Crippen MR) is 123 cm³/mol. The lowest BCUT2D eigenvalue weighted by Crippen LogP contribution is -2.23. The summed E-state index contributed by atoms with van der Waals surface area (Å²) < 4.78 is 7.22. The lowest BCUT2D eigenvalue weighted by molar-refractivity contribution is -0.115. The first kappa shape index (κ1) is 20.9. The van der Waals surface area contributed by atoms with Crippen molar-refractivity contribution in [3.05, 3.63) is 41.7 Å². The summed E-state index contributed by atoms with van der Waals surface area (Å²) in [6.07, 6.45) is 5.54. The van der Waals surface area contributed by atoms with Crippen LogP contribution < -0.4 is 10.6 Å². The van der Waals surface area contributed by atoms with Crippen LogP contribution in [0.1, 0.15) is 49.8 Å². The molecule has 32 heavy (non-hydrogen) atoms. The Hall–Kier alpha value is -2.97. The zero-order valence-corrected chi connectivity index (χ0v) is 18.5. The van der Waals surface area contributed by atoms with Gasteiger partial charge in [0, 0.05) is 36.0 Å². The summed E-state index contributed by atoms with van der Waals surface area (Å²) in [7, 11) is 1.68. The summed E-state index contributed by atoms with van der Waals surface area (Å²) in [5, 5.41) is 21.0. The number of carbonyl (C=O) groups excluding carboxylic acids is 1. The first-order valence-corrected chi connectivity index (χ1v) is 11.3. The average molecular weight is 436 g/mol. The Morgan fingerprint density at radius 2 is 2.09 bits per heavy atom. The van der Waals surface area contributed by atoms with Gasteiger partial charge in [0.05, 0.1) is 30.8 Å². The first-order valence-electron chi connectivity index (χ1n) is 11.3. The SMILES string of the molecule is COC[C@H](C)Nc1ncc2c(-c3ccc4c(c3)CC(=O)N4)cc([C@H]3CC[C@H](O)CC3)n2n1. The van der Waals surface area contributed by atoms with Gasteiger partial charge in [-0.2, -0.15) is 0 Å². The Bertz CT molecular complexity index is 1150. The summed E-state index contributed by atoms with van der Waals surface area (Å²) in [6, 6.07) is 8.40. The molecule has 1 saturated carbocycles. The van der Waals surface area contributed by atoms with Crippen molar-refractivity contribution in [3.8, 4) is 11.1 Å². The van der Waals surface area contributed by atoms with E-state index in [0.717, 1.165) is 59.3 Å². The van der Waals surface area contributed by atoms with E-state index in [1.54, 1.807) is 7.11 Å². The lowest BCUT2D eigenvalue weighted by Gasteiger charge is -2.25. The summed E-state index contributed by atoms with van der Waals surface area (Å²) >= 11 is 0. The van der Waals surface area contributed by atoms with Gasteiger partial charge < -0.3 is 20.5 Å². The Labute approximate surface area is 187 Å². The number of hydrogen-bond donors (Lipinski definition) is 3. The van der Waals surface area contributed by atoms with E-state index in [4.69, 9.17) is 9.84 Å². The number of fused-ring (bicyclic) bond motifs is 2. The molecule has 1 amide bonds. The third-order valence-electron chi connectivity index (χ3n) is 6.49. The molecule has 2 aromatic heterocycles. The molecule has 5 rings (SSSR count). The third-order valence-corrected chi connectivity index (χ3v) is 6.49. The van der Waals surface area contributed by atoms with Gasteiger partial charge in [-0.15, -0.1) is 5.10 Å². The molecule has 3 heterocycles. The molecule has 1 atom stereocenters. The quantitative estimate of drug-likeness (QED) is 0.549. The normalized spacial score (nSPS) is 21.4. The number of amides is 1.